The Bertz CT molecular complexity index is 723. The number of sulfonamides is 1. The third-order valence-corrected chi connectivity index (χ3v) is 6.86. The number of hydrogen-bond acceptors (Lipinski definition) is 5. The van der Waals surface area contributed by atoms with Crippen LogP contribution in [0.5, 0.6) is 0 Å². The number of carbonyl (C=O) groups is 1. The number of nitrogens with zero attached hydrogens (tertiary/aromatic N) is 3. The highest BCUT2D eigenvalue weighted by Gasteiger charge is 2.41. The van der Waals surface area contributed by atoms with Crippen molar-refractivity contribution in [2.24, 2.45) is 5.41 Å². The molecule has 2 rings (SSSR count). The molecule has 1 N–H and O–H groups in total. The van der Waals surface area contributed by atoms with Crippen molar-refractivity contribution in [3.63, 3.8) is 0 Å². The summed E-state index contributed by atoms with van der Waals surface area (Å²) in [6.07, 6.45) is 1.90. The molecule has 0 aliphatic carbocycles. The molecule has 25 heavy (non-hydrogen) atoms. The van der Waals surface area contributed by atoms with Gasteiger partial charge >= 0.3 is 5.97 Å². The fourth-order valence-corrected chi connectivity index (χ4v) is 5.10. The van der Waals surface area contributed by atoms with Gasteiger partial charge < -0.3 is 10.0 Å². The number of aromatic nitrogens is 1. The summed E-state index contributed by atoms with van der Waals surface area (Å²) in [7, 11) is -3.62. The smallest absolute Gasteiger partial charge is 0.311 e. The minimum atomic E-state index is -3.62. The van der Waals surface area contributed by atoms with Gasteiger partial charge in [0.25, 0.3) is 0 Å². The van der Waals surface area contributed by atoms with E-state index in [0.717, 1.165) is 0 Å². The molecule has 0 spiro atoms. The first kappa shape index (κ1) is 19.7. The fourth-order valence-electron chi connectivity index (χ4n) is 3.32. The van der Waals surface area contributed by atoms with Gasteiger partial charge in [0, 0.05) is 31.4 Å². The molecule has 1 fully saturated rings. The predicted octanol–water partition coefficient (Wildman–Crippen LogP) is 2.19. The molecule has 1 aliphatic heterocycles. The molecule has 1 unspecified atom stereocenters. The van der Waals surface area contributed by atoms with E-state index in [4.69, 9.17) is 0 Å². The van der Waals surface area contributed by atoms with Crippen molar-refractivity contribution in [1.82, 2.24) is 9.29 Å². The monoisotopic (exact) mass is 369 g/mol. The maximum absolute atomic E-state index is 12.8. The van der Waals surface area contributed by atoms with Gasteiger partial charge in [0.05, 0.1) is 5.41 Å². The Hall–Kier alpha value is -1.67. The highest BCUT2D eigenvalue weighted by atomic mass is 32.2. The second-order valence-electron chi connectivity index (χ2n) is 7.41. The number of carboxylic acids is 1. The van der Waals surface area contributed by atoms with Gasteiger partial charge in [-0.05, 0) is 53.2 Å². The number of pyridine rings is 1. The van der Waals surface area contributed by atoms with Crippen molar-refractivity contribution in [3.8, 4) is 0 Å². The molecule has 1 aromatic heterocycles. The van der Waals surface area contributed by atoms with Crippen LogP contribution in [0, 0.1) is 5.41 Å². The molecular formula is C17H27N3O4S. The number of aliphatic carboxylic acids is 1. The number of carboxylic acid groups (broad SMARTS) is 1. The highest BCUT2D eigenvalue weighted by Crippen LogP contribution is 2.33. The zero-order chi connectivity index (χ0) is 19.0. The lowest BCUT2D eigenvalue weighted by Crippen LogP contribution is -2.42. The molecule has 1 aliphatic rings. The second-order valence-corrected chi connectivity index (χ2v) is 9.26. The summed E-state index contributed by atoms with van der Waals surface area (Å²) in [5.74, 6) is -0.219. The van der Waals surface area contributed by atoms with E-state index in [1.807, 2.05) is 32.6 Å². The average molecular weight is 369 g/mol. The van der Waals surface area contributed by atoms with Gasteiger partial charge in [-0.1, -0.05) is 0 Å². The Labute approximate surface area is 149 Å². The quantitative estimate of drug-likeness (QED) is 0.826. The van der Waals surface area contributed by atoms with Crippen molar-refractivity contribution >= 4 is 21.8 Å². The summed E-state index contributed by atoms with van der Waals surface area (Å²) < 4.78 is 27.1. The van der Waals surface area contributed by atoms with Crippen molar-refractivity contribution in [2.45, 2.75) is 58.0 Å². The molecule has 1 saturated heterocycles. The van der Waals surface area contributed by atoms with Crippen LogP contribution in [-0.4, -0.2) is 54.0 Å². The molecule has 1 aromatic rings. The number of hydrogen-bond donors (Lipinski definition) is 1. The van der Waals surface area contributed by atoms with E-state index in [1.54, 1.807) is 19.1 Å². The van der Waals surface area contributed by atoms with E-state index in [9.17, 15) is 18.3 Å². The molecule has 0 bridgehead atoms. The molecule has 0 saturated carbocycles. The topological polar surface area (TPSA) is 90.8 Å². The molecular weight excluding hydrogens is 342 g/mol. The Morgan fingerprint density at radius 3 is 2.28 bits per heavy atom. The number of anilines is 1. The molecule has 1 atom stereocenters. The van der Waals surface area contributed by atoms with E-state index in [2.05, 4.69) is 4.98 Å². The minimum Gasteiger partial charge on any atom is -0.481 e. The maximum atomic E-state index is 12.8. The van der Waals surface area contributed by atoms with E-state index in [1.165, 1.54) is 10.5 Å². The fraction of sp³-hybridized carbons (Fsp3) is 0.647. The standard InChI is InChI=1S/C17H27N3O4S/c1-12(2)20(13(3)4)25(23,24)14-6-7-15(18-10-14)19-9-8-17(5,11-19)16(21)22/h6-7,10,12-13H,8-9,11H2,1-5H3,(H,21,22). The summed E-state index contributed by atoms with van der Waals surface area (Å²) >= 11 is 0. The highest BCUT2D eigenvalue weighted by molar-refractivity contribution is 7.89. The SMILES string of the molecule is CC(C)N(C(C)C)S(=O)(=O)c1ccc(N2CCC(C)(C(=O)O)C2)nc1. The van der Waals surface area contributed by atoms with E-state index < -0.39 is 21.4 Å². The average Bonchev–Trinajstić information content (AvgIpc) is 2.90. The lowest BCUT2D eigenvalue weighted by molar-refractivity contribution is -0.146. The van der Waals surface area contributed by atoms with Crippen LogP contribution in [0.3, 0.4) is 0 Å². The Kier molecular flexibility index (Phi) is 5.44. The summed E-state index contributed by atoms with van der Waals surface area (Å²) in [5.41, 5.74) is -0.793. The van der Waals surface area contributed by atoms with E-state index >= 15 is 0 Å². The van der Waals surface area contributed by atoms with Crippen LogP contribution >= 0.6 is 0 Å². The Balaban J connectivity index is 2.24. The van der Waals surface area contributed by atoms with Gasteiger partial charge in [-0.15, -0.1) is 0 Å². The summed E-state index contributed by atoms with van der Waals surface area (Å²) in [4.78, 5) is 17.7. The van der Waals surface area contributed by atoms with E-state index in [-0.39, 0.29) is 17.0 Å². The zero-order valence-corrected chi connectivity index (χ0v) is 16.2. The minimum absolute atomic E-state index is 0.152. The Morgan fingerprint density at radius 1 is 1.28 bits per heavy atom. The molecule has 8 heteroatoms. The Morgan fingerprint density at radius 2 is 1.88 bits per heavy atom. The molecule has 140 valence electrons. The van der Waals surface area contributed by atoms with Gasteiger partial charge in [0.15, 0.2) is 0 Å². The molecule has 0 aromatic carbocycles. The first-order chi connectivity index (χ1) is 11.5. The van der Waals surface area contributed by atoms with Crippen molar-refractivity contribution < 1.29 is 18.3 Å². The second kappa shape index (κ2) is 6.92. The maximum Gasteiger partial charge on any atom is 0.311 e. The van der Waals surface area contributed by atoms with Gasteiger partial charge in [0.2, 0.25) is 10.0 Å². The van der Waals surface area contributed by atoms with Crippen LogP contribution in [0.1, 0.15) is 41.0 Å². The van der Waals surface area contributed by atoms with Crippen molar-refractivity contribution in [3.05, 3.63) is 18.3 Å². The van der Waals surface area contributed by atoms with E-state index in [0.29, 0.717) is 25.3 Å². The molecule has 0 amide bonds. The first-order valence-corrected chi connectivity index (χ1v) is 9.91. The lowest BCUT2D eigenvalue weighted by Gasteiger charge is -2.29. The zero-order valence-electron chi connectivity index (χ0n) is 15.4. The lowest BCUT2D eigenvalue weighted by atomic mass is 9.90. The van der Waals surface area contributed by atoms with Crippen molar-refractivity contribution in [1.29, 1.82) is 0 Å². The van der Waals surface area contributed by atoms with Crippen LogP contribution in [0.2, 0.25) is 0 Å². The number of rotatable bonds is 6. The van der Waals surface area contributed by atoms with Crippen LogP contribution in [0.15, 0.2) is 23.2 Å². The first-order valence-electron chi connectivity index (χ1n) is 8.47. The third kappa shape index (κ3) is 3.79. The largest absolute Gasteiger partial charge is 0.481 e. The van der Waals surface area contributed by atoms with Gasteiger partial charge in [0.1, 0.15) is 10.7 Å². The van der Waals surface area contributed by atoms with Gasteiger partial charge in [-0.25, -0.2) is 13.4 Å². The normalized spacial score (nSPS) is 21.5. The van der Waals surface area contributed by atoms with Crippen LogP contribution in [0.25, 0.3) is 0 Å². The summed E-state index contributed by atoms with van der Waals surface area (Å²) in [6, 6.07) is 2.89. The molecule has 7 nitrogen and oxygen atoms in total. The van der Waals surface area contributed by atoms with Crippen LogP contribution < -0.4 is 4.90 Å². The van der Waals surface area contributed by atoms with Crippen LogP contribution in [-0.2, 0) is 14.8 Å². The third-order valence-electron chi connectivity index (χ3n) is 4.63. The summed E-state index contributed by atoms with van der Waals surface area (Å²) in [6.45, 7) is 10.0. The van der Waals surface area contributed by atoms with Crippen LogP contribution in [0.4, 0.5) is 5.82 Å². The molecule has 2 heterocycles. The van der Waals surface area contributed by atoms with Crippen molar-refractivity contribution in [2.75, 3.05) is 18.0 Å². The molecule has 0 radical (unpaired) electrons. The predicted molar refractivity (Wildman–Crippen MR) is 96.1 cm³/mol. The summed E-state index contributed by atoms with van der Waals surface area (Å²) in [5, 5.41) is 9.32. The van der Waals surface area contributed by atoms with Gasteiger partial charge in [-0.2, -0.15) is 4.31 Å². The van der Waals surface area contributed by atoms with Gasteiger partial charge in [-0.3, -0.25) is 4.79 Å².